The van der Waals surface area contributed by atoms with E-state index in [0.29, 0.717) is 5.75 Å². The van der Waals surface area contributed by atoms with Crippen LogP contribution in [0.4, 0.5) is 0 Å². The van der Waals surface area contributed by atoms with Crippen molar-refractivity contribution in [3.63, 3.8) is 0 Å². The van der Waals surface area contributed by atoms with Crippen molar-refractivity contribution in [3.05, 3.63) is 59.7 Å². The third kappa shape index (κ3) is 3.78. The molecule has 0 unspecified atom stereocenters. The number of sulfonamides is 1. The van der Waals surface area contributed by atoms with Crippen molar-refractivity contribution in [1.29, 1.82) is 0 Å². The summed E-state index contributed by atoms with van der Waals surface area (Å²) < 4.78 is 31.8. The molecule has 0 saturated carbocycles. The molecule has 0 radical (unpaired) electrons. The van der Waals surface area contributed by atoms with E-state index >= 15 is 0 Å². The van der Waals surface area contributed by atoms with Gasteiger partial charge in [0.2, 0.25) is 10.0 Å². The van der Waals surface area contributed by atoms with Crippen LogP contribution in [0.3, 0.4) is 0 Å². The highest BCUT2D eigenvalue weighted by Crippen LogP contribution is 2.22. The minimum Gasteiger partial charge on any atom is -0.497 e. The first-order chi connectivity index (χ1) is 10.9. The molecule has 23 heavy (non-hydrogen) atoms. The van der Waals surface area contributed by atoms with Crippen LogP contribution < -0.4 is 4.74 Å². The Hall–Kier alpha value is -2.18. The fraction of sp³-hybridized carbons (Fsp3) is 0.235. The highest BCUT2D eigenvalue weighted by atomic mass is 32.2. The normalized spacial score (nSPS) is 11.5. The molecule has 2 aromatic carbocycles. The first kappa shape index (κ1) is 17.2. The number of benzene rings is 2. The first-order valence-electron chi connectivity index (χ1n) is 7.05. The summed E-state index contributed by atoms with van der Waals surface area (Å²) >= 11 is 0. The van der Waals surface area contributed by atoms with E-state index in [4.69, 9.17) is 4.74 Å². The quantitative estimate of drug-likeness (QED) is 0.763. The summed E-state index contributed by atoms with van der Waals surface area (Å²) in [6.45, 7) is 1.57. The Kier molecular flexibility index (Phi) is 5.18. The number of Topliss-reactive ketones (excluding diaryl/α,β-unsaturated/α-hetero) is 1. The summed E-state index contributed by atoms with van der Waals surface area (Å²) in [4.78, 5) is 11.7. The minimum atomic E-state index is -3.75. The van der Waals surface area contributed by atoms with E-state index in [-0.39, 0.29) is 22.8 Å². The maximum Gasteiger partial charge on any atom is 0.243 e. The molecule has 0 saturated heterocycles. The molecule has 0 spiro atoms. The molecule has 2 aromatic rings. The lowest BCUT2D eigenvalue weighted by atomic mass is 10.1. The monoisotopic (exact) mass is 333 g/mol. The van der Waals surface area contributed by atoms with Gasteiger partial charge in [0.05, 0.1) is 12.0 Å². The summed E-state index contributed by atoms with van der Waals surface area (Å²) in [6.07, 6.45) is 0. The zero-order valence-electron chi connectivity index (χ0n) is 13.3. The van der Waals surface area contributed by atoms with Crippen LogP contribution in [0.1, 0.15) is 22.8 Å². The molecule has 0 aliphatic rings. The predicted octanol–water partition coefficient (Wildman–Crippen LogP) is 2.72. The number of carbonyl (C=O) groups excluding carboxylic acids is 1. The number of carbonyl (C=O) groups is 1. The van der Waals surface area contributed by atoms with Crippen molar-refractivity contribution < 1.29 is 17.9 Å². The summed E-state index contributed by atoms with van der Waals surface area (Å²) in [5.41, 5.74) is 1.03. The largest absolute Gasteiger partial charge is 0.497 e. The van der Waals surface area contributed by atoms with E-state index in [9.17, 15) is 13.2 Å². The second-order valence-corrected chi connectivity index (χ2v) is 7.17. The molecule has 0 atom stereocenters. The van der Waals surface area contributed by atoms with Gasteiger partial charge in [-0.3, -0.25) is 4.79 Å². The highest BCUT2D eigenvalue weighted by Gasteiger charge is 2.25. The maximum atomic E-state index is 12.7. The molecular formula is C17H19NO4S. The van der Waals surface area contributed by atoms with Crippen molar-refractivity contribution in [1.82, 2.24) is 4.31 Å². The number of ether oxygens (including phenoxy) is 1. The predicted molar refractivity (Wildman–Crippen MR) is 88.1 cm³/mol. The summed E-state index contributed by atoms with van der Waals surface area (Å²) in [6, 6.07) is 13.4. The second kappa shape index (κ2) is 6.93. The smallest absolute Gasteiger partial charge is 0.243 e. The number of hydrogen-bond acceptors (Lipinski definition) is 4. The van der Waals surface area contributed by atoms with Gasteiger partial charge in [-0.05, 0) is 30.7 Å². The van der Waals surface area contributed by atoms with Gasteiger partial charge in [-0.1, -0.05) is 30.3 Å². The SMILES string of the molecule is COc1ccc(CN(C)S(=O)(=O)c2ccccc2C(C)=O)cc1. The van der Waals surface area contributed by atoms with Crippen LogP contribution in [0.5, 0.6) is 5.75 Å². The molecule has 2 rings (SSSR count). The van der Waals surface area contributed by atoms with Gasteiger partial charge in [-0.2, -0.15) is 4.31 Å². The fourth-order valence-electron chi connectivity index (χ4n) is 2.22. The number of ketones is 1. The lowest BCUT2D eigenvalue weighted by Crippen LogP contribution is -2.27. The fourth-order valence-corrected chi connectivity index (χ4v) is 3.62. The van der Waals surface area contributed by atoms with Crippen LogP contribution in [-0.2, 0) is 16.6 Å². The Bertz CT molecular complexity index is 798. The van der Waals surface area contributed by atoms with Crippen molar-refractivity contribution in [2.45, 2.75) is 18.4 Å². The van der Waals surface area contributed by atoms with Crippen molar-refractivity contribution in [2.24, 2.45) is 0 Å². The van der Waals surface area contributed by atoms with Gasteiger partial charge in [0.1, 0.15) is 5.75 Å². The van der Waals surface area contributed by atoms with Crippen LogP contribution in [0, 0.1) is 0 Å². The average molecular weight is 333 g/mol. The third-order valence-electron chi connectivity index (χ3n) is 3.52. The number of nitrogens with zero attached hydrogens (tertiary/aromatic N) is 1. The van der Waals surface area contributed by atoms with Gasteiger partial charge in [0, 0.05) is 19.2 Å². The Morgan fingerprint density at radius 2 is 1.70 bits per heavy atom. The summed E-state index contributed by atoms with van der Waals surface area (Å²) in [7, 11) is -0.677. The third-order valence-corrected chi connectivity index (χ3v) is 5.38. The van der Waals surface area contributed by atoms with Crippen molar-refractivity contribution in [3.8, 4) is 5.75 Å². The van der Waals surface area contributed by atoms with Crippen LogP contribution in [0.15, 0.2) is 53.4 Å². The zero-order valence-corrected chi connectivity index (χ0v) is 14.1. The van der Waals surface area contributed by atoms with Crippen LogP contribution >= 0.6 is 0 Å². The molecule has 0 heterocycles. The minimum absolute atomic E-state index is 0.0310. The summed E-state index contributed by atoms with van der Waals surface area (Å²) in [5, 5.41) is 0. The molecule has 0 aliphatic heterocycles. The van der Waals surface area contributed by atoms with Crippen molar-refractivity contribution in [2.75, 3.05) is 14.2 Å². The van der Waals surface area contributed by atoms with Crippen molar-refractivity contribution >= 4 is 15.8 Å². The van der Waals surface area contributed by atoms with Gasteiger partial charge in [0.15, 0.2) is 5.78 Å². The molecule has 6 heteroatoms. The number of rotatable bonds is 6. The van der Waals surface area contributed by atoms with Gasteiger partial charge < -0.3 is 4.74 Å². The number of hydrogen-bond donors (Lipinski definition) is 0. The lowest BCUT2D eigenvalue weighted by Gasteiger charge is -2.19. The van der Waals surface area contributed by atoms with Gasteiger partial charge in [-0.15, -0.1) is 0 Å². The zero-order chi connectivity index (χ0) is 17.0. The Balaban J connectivity index is 2.30. The molecule has 0 bridgehead atoms. The molecule has 0 aromatic heterocycles. The Labute approximate surface area is 136 Å². The standard InChI is InChI=1S/C17H19NO4S/c1-13(19)16-6-4-5-7-17(16)23(20,21)18(2)12-14-8-10-15(22-3)11-9-14/h4-11H,12H2,1-3H3. The van der Waals surface area contributed by atoms with E-state index in [1.165, 1.54) is 30.4 Å². The maximum absolute atomic E-state index is 12.7. The summed E-state index contributed by atoms with van der Waals surface area (Å²) in [5.74, 6) is 0.434. The molecular weight excluding hydrogens is 314 g/mol. The molecule has 0 N–H and O–H groups in total. The van der Waals surface area contributed by atoms with Crippen LogP contribution in [0.2, 0.25) is 0 Å². The topological polar surface area (TPSA) is 63.7 Å². The van der Waals surface area contributed by atoms with E-state index in [1.807, 2.05) is 12.1 Å². The van der Waals surface area contributed by atoms with Gasteiger partial charge >= 0.3 is 0 Å². The molecule has 122 valence electrons. The average Bonchev–Trinajstić information content (AvgIpc) is 2.55. The molecule has 5 nitrogen and oxygen atoms in total. The Morgan fingerprint density at radius 1 is 1.09 bits per heavy atom. The molecule has 0 fully saturated rings. The van der Waals surface area contributed by atoms with E-state index in [0.717, 1.165) is 5.56 Å². The van der Waals surface area contributed by atoms with Gasteiger partial charge in [-0.25, -0.2) is 8.42 Å². The van der Waals surface area contributed by atoms with Gasteiger partial charge in [0.25, 0.3) is 0 Å². The van der Waals surface area contributed by atoms with E-state index in [1.54, 1.807) is 31.4 Å². The van der Waals surface area contributed by atoms with Crippen LogP contribution in [0.25, 0.3) is 0 Å². The number of methoxy groups -OCH3 is 1. The molecule has 0 amide bonds. The highest BCUT2D eigenvalue weighted by molar-refractivity contribution is 7.89. The molecule has 0 aliphatic carbocycles. The lowest BCUT2D eigenvalue weighted by molar-refractivity contribution is 0.101. The van der Waals surface area contributed by atoms with Crippen LogP contribution in [-0.4, -0.2) is 32.7 Å². The second-order valence-electron chi connectivity index (χ2n) is 5.16. The first-order valence-corrected chi connectivity index (χ1v) is 8.49. The van der Waals surface area contributed by atoms with E-state index < -0.39 is 10.0 Å². The van der Waals surface area contributed by atoms with E-state index in [2.05, 4.69) is 0 Å². The Morgan fingerprint density at radius 3 is 2.26 bits per heavy atom.